The summed E-state index contributed by atoms with van der Waals surface area (Å²) >= 11 is 0. The molecule has 4 heterocycles. The number of carbonyl (C=O) groups is 2. The fraction of sp³-hybridized carbons (Fsp3) is 0.414. The van der Waals surface area contributed by atoms with Crippen molar-refractivity contribution in [2.45, 2.75) is 38.5 Å². The number of aromatic amines is 1. The summed E-state index contributed by atoms with van der Waals surface area (Å²) in [5.74, 6) is 0.589. The molecule has 2 aliphatic rings. The lowest BCUT2D eigenvalue weighted by atomic mass is 9.73. The second kappa shape index (κ2) is 11.6. The van der Waals surface area contributed by atoms with Gasteiger partial charge in [0.05, 0.1) is 12.7 Å². The van der Waals surface area contributed by atoms with Crippen molar-refractivity contribution in [3.05, 3.63) is 88.4 Å². The molecule has 1 aromatic carbocycles. The standard InChI is InChI=1S/C29H33N5O4/c35-26-19-23(8-12-32-26)27(36)33-15-10-29(11-16-33)9-4-3-6-22-5-1-2-7-25(22)38-18-17-34(21-29)28(37)24-20-30-13-14-31-24/h1-2,5,7-8,12-14,19-20H,3-4,6,9-11,15-18,21H2,(H,32,35). The van der Waals surface area contributed by atoms with E-state index in [9.17, 15) is 14.4 Å². The van der Waals surface area contributed by atoms with Gasteiger partial charge >= 0.3 is 0 Å². The number of amides is 2. The van der Waals surface area contributed by atoms with Crippen LogP contribution in [0, 0.1) is 5.41 Å². The number of hydrogen-bond acceptors (Lipinski definition) is 6. The summed E-state index contributed by atoms with van der Waals surface area (Å²) in [5, 5.41) is 0. The summed E-state index contributed by atoms with van der Waals surface area (Å²) < 4.78 is 6.15. The van der Waals surface area contributed by atoms with Gasteiger partial charge in [0.2, 0.25) is 5.56 Å². The van der Waals surface area contributed by atoms with E-state index in [-0.39, 0.29) is 22.8 Å². The maximum Gasteiger partial charge on any atom is 0.274 e. The molecular weight excluding hydrogens is 482 g/mol. The van der Waals surface area contributed by atoms with Gasteiger partial charge in [0.15, 0.2) is 0 Å². The summed E-state index contributed by atoms with van der Waals surface area (Å²) in [7, 11) is 0. The van der Waals surface area contributed by atoms with Crippen molar-refractivity contribution in [1.29, 1.82) is 0 Å². The predicted octanol–water partition coefficient (Wildman–Crippen LogP) is 3.34. The van der Waals surface area contributed by atoms with E-state index in [1.807, 2.05) is 28.0 Å². The number of piperidine rings is 1. The number of para-hydroxylation sites is 1. The molecule has 0 bridgehead atoms. The number of carbonyl (C=O) groups excluding carboxylic acids is 2. The Hall–Kier alpha value is -4.01. The Kier molecular flexibility index (Phi) is 7.81. The number of pyridine rings is 1. The molecule has 1 N–H and O–H groups in total. The number of benzene rings is 1. The molecular formula is C29H33N5O4. The first-order chi connectivity index (χ1) is 18.5. The molecule has 0 saturated carbocycles. The number of ether oxygens (including phenoxy) is 1. The highest BCUT2D eigenvalue weighted by Gasteiger charge is 2.38. The van der Waals surface area contributed by atoms with Gasteiger partial charge in [-0.05, 0) is 55.2 Å². The Labute approximate surface area is 221 Å². The lowest BCUT2D eigenvalue weighted by Crippen LogP contribution is -2.50. The largest absolute Gasteiger partial charge is 0.491 e. The molecule has 198 valence electrons. The van der Waals surface area contributed by atoms with Gasteiger partial charge in [-0.3, -0.25) is 19.4 Å². The number of nitrogens with zero attached hydrogens (tertiary/aromatic N) is 4. The Balaban J connectivity index is 1.36. The van der Waals surface area contributed by atoms with Crippen LogP contribution in [0.4, 0.5) is 0 Å². The van der Waals surface area contributed by atoms with Gasteiger partial charge in [-0.15, -0.1) is 0 Å². The number of H-pyrrole nitrogens is 1. The summed E-state index contributed by atoms with van der Waals surface area (Å²) in [5.41, 5.74) is 1.50. The summed E-state index contributed by atoms with van der Waals surface area (Å²) in [6.45, 7) is 2.55. The van der Waals surface area contributed by atoms with Gasteiger partial charge in [-0.25, -0.2) is 4.98 Å². The number of aryl methyl sites for hydroxylation is 1. The molecule has 5 rings (SSSR count). The molecule has 3 aromatic rings. The van der Waals surface area contributed by atoms with Crippen LogP contribution in [0.1, 0.15) is 58.5 Å². The van der Waals surface area contributed by atoms with Crippen molar-refractivity contribution in [2.24, 2.45) is 5.41 Å². The van der Waals surface area contributed by atoms with Gasteiger partial charge < -0.3 is 19.5 Å². The summed E-state index contributed by atoms with van der Waals surface area (Å²) in [6.07, 6.45) is 11.6. The fourth-order valence-electron chi connectivity index (χ4n) is 5.59. The molecule has 2 aromatic heterocycles. The van der Waals surface area contributed by atoms with Crippen LogP contribution in [0.2, 0.25) is 0 Å². The van der Waals surface area contributed by atoms with Crippen molar-refractivity contribution in [3.8, 4) is 5.75 Å². The molecule has 0 atom stereocenters. The number of rotatable bonds is 2. The molecule has 0 radical (unpaired) electrons. The van der Waals surface area contributed by atoms with Crippen molar-refractivity contribution < 1.29 is 14.3 Å². The van der Waals surface area contributed by atoms with Crippen molar-refractivity contribution in [1.82, 2.24) is 24.8 Å². The average molecular weight is 516 g/mol. The lowest BCUT2D eigenvalue weighted by molar-refractivity contribution is 0.0325. The molecule has 38 heavy (non-hydrogen) atoms. The van der Waals surface area contributed by atoms with E-state index in [0.29, 0.717) is 44.0 Å². The molecule has 2 amide bonds. The zero-order valence-electron chi connectivity index (χ0n) is 21.5. The van der Waals surface area contributed by atoms with E-state index in [2.05, 4.69) is 21.0 Å². The van der Waals surface area contributed by atoms with Crippen LogP contribution in [-0.4, -0.2) is 69.4 Å². The van der Waals surface area contributed by atoms with Crippen LogP contribution < -0.4 is 10.3 Å². The number of likely N-dealkylation sites (tertiary alicyclic amines) is 1. The normalized spacial score (nSPS) is 18.0. The minimum absolute atomic E-state index is 0.123. The van der Waals surface area contributed by atoms with E-state index < -0.39 is 0 Å². The van der Waals surface area contributed by atoms with E-state index in [1.54, 1.807) is 12.3 Å². The van der Waals surface area contributed by atoms with Crippen LogP contribution in [0.15, 0.2) is 66.0 Å². The van der Waals surface area contributed by atoms with Crippen LogP contribution >= 0.6 is 0 Å². The molecule has 9 nitrogen and oxygen atoms in total. The molecule has 1 fully saturated rings. The van der Waals surface area contributed by atoms with Crippen LogP contribution in [0.5, 0.6) is 5.75 Å². The molecule has 2 aliphatic heterocycles. The van der Waals surface area contributed by atoms with Crippen LogP contribution in [0.3, 0.4) is 0 Å². The number of fused-ring (bicyclic) bond motifs is 1. The molecule has 0 unspecified atom stereocenters. The quantitative estimate of drug-likeness (QED) is 0.561. The SMILES string of the molecule is O=C(c1cc[nH]c(=O)c1)N1CCC2(CCCCc3ccccc3OCCN(C(=O)c3cnccn3)C2)CC1. The third kappa shape index (κ3) is 5.93. The summed E-state index contributed by atoms with van der Waals surface area (Å²) in [6, 6.07) is 11.1. The van der Waals surface area contributed by atoms with Gasteiger partial charge in [0.25, 0.3) is 11.8 Å². The summed E-state index contributed by atoms with van der Waals surface area (Å²) in [4.78, 5) is 52.9. The molecule has 0 aliphatic carbocycles. The van der Waals surface area contributed by atoms with E-state index in [0.717, 1.165) is 44.3 Å². The monoisotopic (exact) mass is 515 g/mol. The minimum atomic E-state index is -0.286. The Morgan fingerprint density at radius 3 is 2.58 bits per heavy atom. The maximum absolute atomic E-state index is 13.5. The smallest absolute Gasteiger partial charge is 0.274 e. The van der Waals surface area contributed by atoms with Crippen LogP contribution in [0.25, 0.3) is 0 Å². The number of aromatic nitrogens is 3. The Morgan fingerprint density at radius 1 is 0.947 bits per heavy atom. The lowest BCUT2D eigenvalue weighted by Gasteiger charge is -2.45. The van der Waals surface area contributed by atoms with Crippen molar-refractivity contribution in [2.75, 3.05) is 32.8 Å². The van der Waals surface area contributed by atoms with Gasteiger partial charge in [0, 0.05) is 49.9 Å². The molecule has 1 saturated heterocycles. The molecule has 1 spiro atoms. The molecule has 9 heteroatoms. The number of hydrogen-bond donors (Lipinski definition) is 1. The Bertz CT molecular complexity index is 1320. The first kappa shape index (κ1) is 25.6. The average Bonchev–Trinajstić information content (AvgIpc) is 2.95. The maximum atomic E-state index is 13.5. The van der Waals surface area contributed by atoms with E-state index in [1.165, 1.54) is 30.2 Å². The zero-order chi connectivity index (χ0) is 26.4. The second-order valence-corrected chi connectivity index (χ2v) is 10.2. The van der Waals surface area contributed by atoms with E-state index in [4.69, 9.17) is 4.74 Å². The first-order valence-electron chi connectivity index (χ1n) is 13.3. The van der Waals surface area contributed by atoms with Crippen molar-refractivity contribution in [3.63, 3.8) is 0 Å². The first-order valence-corrected chi connectivity index (χ1v) is 13.3. The zero-order valence-corrected chi connectivity index (χ0v) is 21.5. The second-order valence-electron chi connectivity index (χ2n) is 10.2. The highest BCUT2D eigenvalue weighted by Crippen LogP contribution is 2.39. The van der Waals surface area contributed by atoms with Gasteiger partial charge in [-0.2, -0.15) is 0 Å². The topological polar surface area (TPSA) is 108 Å². The minimum Gasteiger partial charge on any atom is -0.491 e. The highest BCUT2D eigenvalue weighted by molar-refractivity contribution is 5.94. The van der Waals surface area contributed by atoms with Crippen molar-refractivity contribution >= 4 is 11.8 Å². The third-order valence-electron chi connectivity index (χ3n) is 7.72. The number of nitrogens with one attached hydrogen (secondary N) is 1. The van der Waals surface area contributed by atoms with Gasteiger partial charge in [0.1, 0.15) is 18.1 Å². The Morgan fingerprint density at radius 2 is 1.79 bits per heavy atom. The third-order valence-corrected chi connectivity index (χ3v) is 7.72. The van der Waals surface area contributed by atoms with E-state index >= 15 is 0 Å². The highest BCUT2D eigenvalue weighted by atomic mass is 16.5. The fourth-order valence-corrected chi connectivity index (χ4v) is 5.59. The van der Waals surface area contributed by atoms with Crippen LogP contribution in [-0.2, 0) is 6.42 Å². The predicted molar refractivity (Wildman–Crippen MR) is 142 cm³/mol. The van der Waals surface area contributed by atoms with Gasteiger partial charge in [-0.1, -0.05) is 24.6 Å².